The van der Waals surface area contributed by atoms with Gasteiger partial charge in [-0.3, -0.25) is 14.4 Å². The van der Waals surface area contributed by atoms with Crippen molar-refractivity contribution >= 4 is 52.2 Å². The van der Waals surface area contributed by atoms with Gasteiger partial charge in [0.25, 0.3) is 5.91 Å². The van der Waals surface area contributed by atoms with Gasteiger partial charge in [0.05, 0.1) is 11.4 Å². The molecular weight excluding hydrogens is 508 g/mol. The molecule has 3 aromatic rings. The molecule has 2 atom stereocenters. The normalized spacial score (nSPS) is 15.6. The fourth-order valence-corrected chi connectivity index (χ4v) is 4.58. The number of hydrogen-bond donors (Lipinski definition) is 7. The van der Waals surface area contributed by atoms with Crippen LogP contribution in [0.15, 0.2) is 30.5 Å². The van der Waals surface area contributed by atoms with Crippen molar-refractivity contribution in [2.24, 2.45) is 0 Å². The van der Waals surface area contributed by atoms with Crippen molar-refractivity contribution in [3.8, 4) is 0 Å². The number of hydrogen-bond acceptors (Lipinski definition) is 9. The Balaban J connectivity index is 1.52. The number of benzene rings is 1. The molecule has 1 aromatic carbocycles. The first-order chi connectivity index (χ1) is 18.6. The van der Waals surface area contributed by atoms with Gasteiger partial charge in [0, 0.05) is 30.4 Å². The van der Waals surface area contributed by atoms with E-state index in [1.54, 1.807) is 23.2 Å². The summed E-state index contributed by atoms with van der Waals surface area (Å²) < 4.78 is 0. The van der Waals surface area contributed by atoms with Crippen molar-refractivity contribution in [1.29, 1.82) is 0 Å². The molecule has 1 saturated heterocycles. The lowest BCUT2D eigenvalue weighted by Gasteiger charge is -2.26. The van der Waals surface area contributed by atoms with Crippen LogP contribution in [0.3, 0.4) is 0 Å². The molecule has 206 valence electrons. The van der Waals surface area contributed by atoms with Crippen LogP contribution < -0.4 is 27.0 Å². The molecule has 0 spiro atoms. The lowest BCUT2D eigenvalue weighted by atomic mass is 10.1. The number of amides is 2. The fraction of sp³-hybridized carbons (Fsp3) is 0.360. The van der Waals surface area contributed by atoms with E-state index in [0.29, 0.717) is 36.1 Å². The quantitative estimate of drug-likeness (QED) is 0.178. The molecule has 2 aromatic heterocycles. The van der Waals surface area contributed by atoms with E-state index in [1.807, 2.05) is 0 Å². The molecule has 0 unspecified atom stereocenters. The molecule has 39 heavy (non-hydrogen) atoms. The van der Waals surface area contributed by atoms with Gasteiger partial charge in [0.2, 0.25) is 11.9 Å². The number of nitrogen functional groups attached to an aromatic ring is 2. The highest BCUT2D eigenvalue weighted by Crippen LogP contribution is 2.25. The Morgan fingerprint density at radius 1 is 1.13 bits per heavy atom. The van der Waals surface area contributed by atoms with Crippen molar-refractivity contribution in [3.63, 3.8) is 0 Å². The fourth-order valence-electron chi connectivity index (χ4n) is 4.58. The second-order valence-electron chi connectivity index (χ2n) is 9.24. The number of nitrogens with two attached hydrogens (primary N) is 2. The molecular formula is C25H30N8O6. The maximum atomic E-state index is 13.4. The first-order valence-corrected chi connectivity index (χ1v) is 12.4. The Hall–Kier alpha value is -4.72. The summed E-state index contributed by atoms with van der Waals surface area (Å²) in [5.41, 5.74) is 13.8. The van der Waals surface area contributed by atoms with E-state index in [0.717, 1.165) is 18.5 Å². The Morgan fingerprint density at radius 3 is 2.51 bits per heavy atom. The minimum Gasteiger partial charge on any atom is -0.481 e. The largest absolute Gasteiger partial charge is 0.481 e. The van der Waals surface area contributed by atoms with Crippen LogP contribution in [0.4, 0.5) is 17.5 Å². The van der Waals surface area contributed by atoms with E-state index in [1.165, 1.54) is 12.1 Å². The molecule has 1 fully saturated rings. The van der Waals surface area contributed by atoms with Crippen molar-refractivity contribution < 1.29 is 29.4 Å². The number of carbonyl (C=O) groups is 4. The van der Waals surface area contributed by atoms with Gasteiger partial charge in [-0.15, -0.1) is 0 Å². The first-order valence-electron chi connectivity index (χ1n) is 12.4. The van der Waals surface area contributed by atoms with Crippen LogP contribution in [0, 0.1) is 0 Å². The van der Waals surface area contributed by atoms with Crippen molar-refractivity contribution in [2.75, 3.05) is 29.5 Å². The summed E-state index contributed by atoms with van der Waals surface area (Å²) in [7, 11) is 0. The Morgan fingerprint density at radius 2 is 1.87 bits per heavy atom. The van der Waals surface area contributed by atoms with Gasteiger partial charge in [-0.05, 0) is 62.1 Å². The third-order valence-electron chi connectivity index (χ3n) is 6.58. The molecule has 0 aliphatic carbocycles. The van der Waals surface area contributed by atoms with Gasteiger partial charge < -0.3 is 42.2 Å². The number of fused-ring (bicyclic) bond motifs is 1. The number of H-pyrrole nitrogens is 1. The predicted molar refractivity (Wildman–Crippen MR) is 142 cm³/mol. The van der Waals surface area contributed by atoms with Gasteiger partial charge in [0.1, 0.15) is 17.5 Å². The van der Waals surface area contributed by atoms with E-state index in [-0.39, 0.29) is 35.7 Å². The summed E-state index contributed by atoms with van der Waals surface area (Å²) in [5, 5.41) is 24.3. The predicted octanol–water partition coefficient (Wildman–Crippen LogP) is 0.498. The van der Waals surface area contributed by atoms with Crippen LogP contribution >= 0.6 is 0 Å². The molecule has 9 N–H and O–H groups in total. The maximum absolute atomic E-state index is 13.4. The van der Waals surface area contributed by atoms with Gasteiger partial charge >= 0.3 is 11.9 Å². The lowest BCUT2D eigenvalue weighted by Crippen LogP contribution is -2.44. The van der Waals surface area contributed by atoms with Gasteiger partial charge in [-0.2, -0.15) is 9.97 Å². The molecule has 3 heterocycles. The molecule has 2 amide bonds. The first kappa shape index (κ1) is 27.3. The second-order valence-corrected chi connectivity index (χ2v) is 9.24. The highest BCUT2D eigenvalue weighted by atomic mass is 16.4. The van der Waals surface area contributed by atoms with E-state index >= 15 is 0 Å². The molecule has 14 nitrogen and oxygen atoms in total. The van der Waals surface area contributed by atoms with Crippen LogP contribution in [0.5, 0.6) is 0 Å². The summed E-state index contributed by atoms with van der Waals surface area (Å²) in [6.07, 6.45) is 3.12. The van der Waals surface area contributed by atoms with E-state index < -0.39 is 30.3 Å². The standard InChI is InChI=1S/C25H30N8O6/c26-20-19-14(12-29-21(19)32-25(27)31-20)9-11-33(23(37)16-2-1-10-28-16)15-5-3-13(4-6-15)22(36)30-17(24(38)39)7-8-18(34)35/h3-6,12,16-17,28H,1-2,7-11H2,(H,30,36)(H,34,35)(H,38,39)(H5,26,27,29,31,32)/t16-,17-/m0/s1. The number of aromatic amines is 1. The van der Waals surface area contributed by atoms with Crippen molar-refractivity contribution in [3.05, 3.63) is 41.6 Å². The number of anilines is 3. The van der Waals surface area contributed by atoms with Gasteiger partial charge in [-0.25, -0.2) is 4.79 Å². The summed E-state index contributed by atoms with van der Waals surface area (Å²) >= 11 is 0. The molecule has 1 aliphatic rings. The number of nitrogens with one attached hydrogen (secondary N) is 3. The summed E-state index contributed by atoms with van der Waals surface area (Å²) in [6, 6.07) is 4.52. The number of nitrogens with zero attached hydrogens (tertiary/aromatic N) is 3. The van der Waals surface area contributed by atoms with Gasteiger partial charge in [-0.1, -0.05) is 0 Å². The number of rotatable bonds is 11. The van der Waals surface area contributed by atoms with Crippen LogP contribution in [-0.2, 0) is 20.8 Å². The molecule has 0 saturated carbocycles. The molecule has 1 aliphatic heterocycles. The Kier molecular flexibility index (Phi) is 8.24. The molecule has 14 heteroatoms. The van der Waals surface area contributed by atoms with Crippen molar-refractivity contribution in [2.45, 2.75) is 44.2 Å². The third-order valence-corrected chi connectivity index (χ3v) is 6.58. The monoisotopic (exact) mass is 538 g/mol. The Labute approximate surface area is 222 Å². The molecule has 0 bridgehead atoms. The smallest absolute Gasteiger partial charge is 0.326 e. The van der Waals surface area contributed by atoms with Crippen LogP contribution in [-0.4, -0.2) is 74.1 Å². The van der Waals surface area contributed by atoms with E-state index in [4.69, 9.17) is 16.6 Å². The van der Waals surface area contributed by atoms with Crippen LogP contribution in [0.25, 0.3) is 11.0 Å². The lowest BCUT2D eigenvalue weighted by molar-refractivity contribution is -0.140. The molecule has 0 radical (unpaired) electrons. The average molecular weight is 539 g/mol. The minimum absolute atomic E-state index is 0.0539. The number of aliphatic carboxylic acids is 2. The summed E-state index contributed by atoms with van der Waals surface area (Å²) in [6.45, 7) is 1.04. The SMILES string of the molecule is Nc1nc(N)c2c(CCN(C(=O)[C@@H]3CCCN3)c3ccc(C(=O)N[C@@H](CCC(=O)O)C(=O)O)cc3)c[nH]c2n1. The topological polar surface area (TPSA) is 230 Å². The van der Waals surface area contributed by atoms with Crippen molar-refractivity contribution in [1.82, 2.24) is 25.6 Å². The summed E-state index contributed by atoms with van der Waals surface area (Å²) in [5.74, 6) is -2.97. The highest BCUT2D eigenvalue weighted by molar-refractivity contribution is 6.00. The number of carboxylic acid groups (broad SMARTS) is 2. The Bertz CT molecular complexity index is 1380. The van der Waals surface area contributed by atoms with E-state index in [2.05, 4.69) is 25.6 Å². The number of carboxylic acids is 2. The average Bonchev–Trinajstić information content (AvgIpc) is 3.57. The number of carbonyl (C=O) groups excluding carboxylic acids is 2. The van der Waals surface area contributed by atoms with Crippen LogP contribution in [0.2, 0.25) is 0 Å². The van der Waals surface area contributed by atoms with Crippen LogP contribution in [0.1, 0.15) is 41.6 Å². The zero-order chi connectivity index (χ0) is 28.1. The maximum Gasteiger partial charge on any atom is 0.326 e. The van der Waals surface area contributed by atoms with E-state index in [9.17, 15) is 24.3 Å². The number of aromatic nitrogens is 3. The molecule has 4 rings (SSSR count). The zero-order valence-electron chi connectivity index (χ0n) is 21.0. The third kappa shape index (κ3) is 6.41. The minimum atomic E-state index is -1.34. The zero-order valence-corrected chi connectivity index (χ0v) is 21.0. The van der Waals surface area contributed by atoms with Gasteiger partial charge in [0.15, 0.2) is 0 Å². The second kappa shape index (κ2) is 11.8. The summed E-state index contributed by atoms with van der Waals surface area (Å²) in [4.78, 5) is 61.2. The highest BCUT2D eigenvalue weighted by Gasteiger charge is 2.28.